The van der Waals surface area contributed by atoms with Gasteiger partial charge in [-0.1, -0.05) is 0 Å². The number of hydrogen-bond donors (Lipinski definition) is 0. The van der Waals surface area contributed by atoms with Crippen LogP contribution in [-0.2, 0) is 0 Å². The SMILES string of the molecule is [Br-].[Br-].[Br-].[Br-].[Br-].[Br-].[Br-].[Cl-].[Cl-]. The van der Waals surface area contributed by atoms with Crippen molar-refractivity contribution in [3.63, 3.8) is 0 Å². The maximum Gasteiger partial charge on any atom is -1.00 e. The molecule has 0 rings (SSSR count). The largest absolute Gasteiger partial charge is 1.00 e. The van der Waals surface area contributed by atoms with E-state index in [1.165, 1.54) is 0 Å². The molecule has 0 aliphatic carbocycles. The van der Waals surface area contributed by atoms with Crippen LogP contribution in [0.25, 0.3) is 0 Å². The number of hydrogen-bond acceptors (Lipinski definition) is 0. The molecule has 0 fully saturated rings. The Morgan fingerprint density at radius 2 is 0.222 bits per heavy atom. The Bertz CT molecular complexity index is 6.88. The van der Waals surface area contributed by atoms with Crippen molar-refractivity contribution < 1.29 is 144 Å². The first-order valence-electron chi connectivity index (χ1n) is 0. The van der Waals surface area contributed by atoms with E-state index in [-0.39, 0.29) is 144 Å². The number of halogens is 9. The molecule has 0 atom stereocenters. The topological polar surface area (TPSA) is 0 Å². The van der Waals surface area contributed by atoms with Crippen molar-refractivity contribution in [2.75, 3.05) is 0 Å². The van der Waals surface area contributed by atoms with Gasteiger partial charge in [-0.2, -0.15) is 0 Å². The van der Waals surface area contributed by atoms with E-state index in [2.05, 4.69) is 0 Å². The molecular weight excluding hydrogens is 630 g/mol. The van der Waals surface area contributed by atoms with Crippen molar-refractivity contribution in [2.24, 2.45) is 0 Å². The van der Waals surface area contributed by atoms with Crippen LogP contribution in [0.15, 0.2) is 0 Å². The van der Waals surface area contributed by atoms with Crippen molar-refractivity contribution in [2.45, 2.75) is 0 Å². The van der Waals surface area contributed by atoms with Crippen molar-refractivity contribution >= 4 is 0 Å². The fraction of sp³-hybridized carbons (Fsp3) is 0. The fourth-order valence-corrected chi connectivity index (χ4v) is 0. The van der Waals surface area contributed by atoms with Gasteiger partial charge in [-0.05, 0) is 0 Å². The molecular formula is Br7Cl2-9. The molecule has 0 spiro atoms. The van der Waals surface area contributed by atoms with Crippen LogP contribution >= 0.6 is 0 Å². The molecule has 0 radical (unpaired) electrons. The second-order valence-corrected chi connectivity index (χ2v) is 0. The minimum Gasteiger partial charge on any atom is -1.00 e. The molecule has 0 amide bonds. The van der Waals surface area contributed by atoms with Crippen molar-refractivity contribution in [3.8, 4) is 0 Å². The van der Waals surface area contributed by atoms with Gasteiger partial charge in [0.15, 0.2) is 0 Å². The lowest BCUT2D eigenvalue weighted by molar-refractivity contribution is -0.00100. The van der Waals surface area contributed by atoms with Gasteiger partial charge in [0.2, 0.25) is 0 Å². The van der Waals surface area contributed by atoms with E-state index in [9.17, 15) is 0 Å². The summed E-state index contributed by atoms with van der Waals surface area (Å²) in [7, 11) is 0. The zero-order valence-corrected chi connectivity index (χ0v) is 16.0. The Morgan fingerprint density at radius 3 is 0.222 bits per heavy atom. The summed E-state index contributed by atoms with van der Waals surface area (Å²) >= 11 is 0. The highest BCUT2D eigenvalue weighted by molar-refractivity contribution is 0.00800. The maximum absolute atomic E-state index is 0. The summed E-state index contributed by atoms with van der Waals surface area (Å²) in [6.07, 6.45) is 0. The summed E-state index contributed by atoms with van der Waals surface area (Å²) in [6.45, 7) is 0. The average molecular weight is 630 g/mol. The summed E-state index contributed by atoms with van der Waals surface area (Å²) < 4.78 is 0. The van der Waals surface area contributed by atoms with Gasteiger partial charge in [-0.3, -0.25) is 0 Å². The van der Waals surface area contributed by atoms with E-state index in [4.69, 9.17) is 0 Å². The van der Waals surface area contributed by atoms with Gasteiger partial charge in [0, 0.05) is 0 Å². The predicted octanol–water partition coefficient (Wildman–Crippen LogP) is -27.0. The first-order chi connectivity index (χ1) is 0. The average Bonchev–Trinajstić information content (AvgIpc) is 0. The molecule has 0 aliphatic heterocycles. The summed E-state index contributed by atoms with van der Waals surface area (Å²) in [5.74, 6) is 0. The molecule has 0 N–H and O–H groups in total. The molecule has 0 aromatic heterocycles. The van der Waals surface area contributed by atoms with Crippen LogP contribution < -0.4 is 144 Å². The molecule has 0 bridgehead atoms. The van der Waals surface area contributed by atoms with Crippen LogP contribution in [0.5, 0.6) is 0 Å². The minimum atomic E-state index is 0. The summed E-state index contributed by atoms with van der Waals surface area (Å²) in [5.41, 5.74) is 0. The third-order valence-electron chi connectivity index (χ3n) is 0. The molecule has 0 saturated carbocycles. The quantitative estimate of drug-likeness (QED) is 0.250. The van der Waals surface area contributed by atoms with Crippen molar-refractivity contribution in [1.82, 2.24) is 0 Å². The number of rotatable bonds is 0. The van der Waals surface area contributed by atoms with Crippen LogP contribution in [0.2, 0.25) is 0 Å². The summed E-state index contributed by atoms with van der Waals surface area (Å²) in [5, 5.41) is 0. The van der Waals surface area contributed by atoms with Crippen LogP contribution in [0.1, 0.15) is 0 Å². The molecule has 0 nitrogen and oxygen atoms in total. The molecule has 0 unspecified atom stereocenters. The van der Waals surface area contributed by atoms with E-state index in [1.807, 2.05) is 0 Å². The molecule has 0 aromatic rings. The van der Waals surface area contributed by atoms with E-state index in [0.29, 0.717) is 0 Å². The van der Waals surface area contributed by atoms with Gasteiger partial charge in [0.05, 0.1) is 0 Å². The zero-order valence-electron chi connectivity index (χ0n) is 3.40. The van der Waals surface area contributed by atoms with E-state index < -0.39 is 0 Å². The van der Waals surface area contributed by atoms with E-state index >= 15 is 0 Å². The Labute approximate surface area is 141 Å². The van der Waals surface area contributed by atoms with Crippen LogP contribution in [0, 0.1) is 0 Å². The highest BCUT2D eigenvalue weighted by Gasteiger charge is -0.992. The molecule has 0 heterocycles. The molecule has 72 valence electrons. The lowest BCUT2D eigenvalue weighted by atomic mass is 35.5. The summed E-state index contributed by atoms with van der Waals surface area (Å²) in [4.78, 5) is 0. The molecule has 0 aromatic carbocycles. The van der Waals surface area contributed by atoms with E-state index in [1.54, 1.807) is 0 Å². The van der Waals surface area contributed by atoms with Crippen LogP contribution in [0.3, 0.4) is 0 Å². The molecule has 9 heteroatoms. The molecule has 0 aliphatic rings. The van der Waals surface area contributed by atoms with Gasteiger partial charge in [0.1, 0.15) is 0 Å². The smallest absolute Gasteiger partial charge is 1.00 e. The van der Waals surface area contributed by atoms with Crippen molar-refractivity contribution in [3.05, 3.63) is 0 Å². The Hall–Kier alpha value is 3.94. The van der Waals surface area contributed by atoms with Gasteiger partial charge >= 0.3 is 0 Å². The van der Waals surface area contributed by atoms with E-state index in [0.717, 1.165) is 0 Å². The van der Waals surface area contributed by atoms with Gasteiger partial charge < -0.3 is 144 Å². The highest BCUT2D eigenvalue weighted by atomic mass is 79.9. The third kappa shape index (κ3) is 76.0. The standard InChI is InChI=1S/7BrH.2ClH/h9*1H/p-9. The second-order valence-electron chi connectivity index (χ2n) is 0. The molecule has 0 saturated heterocycles. The normalized spacial score (nSPS) is 0. The zero-order chi connectivity index (χ0) is 0. The van der Waals surface area contributed by atoms with Gasteiger partial charge in [0.25, 0.3) is 0 Å². The summed E-state index contributed by atoms with van der Waals surface area (Å²) in [6, 6.07) is 0. The monoisotopic (exact) mass is 622 g/mol. The lowest BCUT2D eigenvalue weighted by Crippen LogP contribution is -3.00. The Morgan fingerprint density at radius 1 is 0.222 bits per heavy atom. The lowest BCUT2D eigenvalue weighted by Gasteiger charge is -1.00. The third-order valence-corrected chi connectivity index (χ3v) is 0. The second kappa shape index (κ2) is 92.1. The Balaban J connectivity index is 0. The Kier molecular flexibility index (Phi) is 1220. The predicted molar refractivity (Wildman–Crippen MR) is 0 cm³/mol. The molecule has 9 heavy (non-hydrogen) atoms. The fourth-order valence-electron chi connectivity index (χ4n) is 0. The highest BCUT2D eigenvalue weighted by Crippen LogP contribution is -2.99. The van der Waals surface area contributed by atoms with Gasteiger partial charge in [-0.15, -0.1) is 0 Å². The first-order valence-corrected chi connectivity index (χ1v) is 0. The maximum atomic E-state index is 0. The van der Waals surface area contributed by atoms with Crippen LogP contribution in [-0.4, -0.2) is 0 Å². The minimum absolute atomic E-state index is 0. The van der Waals surface area contributed by atoms with Gasteiger partial charge in [-0.25, -0.2) is 0 Å². The van der Waals surface area contributed by atoms with Crippen molar-refractivity contribution in [1.29, 1.82) is 0 Å². The first kappa shape index (κ1) is 119. The van der Waals surface area contributed by atoms with Crippen LogP contribution in [0.4, 0.5) is 0 Å².